The molecule has 2 atom stereocenters. The number of carbonyl (C=O) groups is 1. The lowest BCUT2D eigenvalue weighted by atomic mass is 9.67. The maximum absolute atomic E-state index is 13.0. The van der Waals surface area contributed by atoms with Crippen LogP contribution in [0.3, 0.4) is 0 Å². The van der Waals surface area contributed by atoms with Gasteiger partial charge in [-0.1, -0.05) is 58.4 Å². The van der Waals surface area contributed by atoms with Gasteiger partial charge in [0.1, 0.15) is 5.75 Å². The fraction of sp³-hybridized carbons (Fsp3) is 0.759. The average molecular weight is 471 g/mol. The number of rotatable bonds is 8. The molecule has 3 aliphatic rings. The molecule has 0 saturated heterocycles. The standard InChI is InChI=1S/C29H46N2O3/c1-28(2)24-19-23(32)13-12-21(24)18-25(34-3)27(28)30-17-16-29(14-8-5-9-15-29)20-26(33)31-22-10-6-4-7-11-22/h12-13,19,22,25,27,30,32H,4-11,14-18,20H2,1-3H3,(H,31,33). The molecule has 1 aromatic carbocycles. The maximum atomic E-state index is 13.0. The van der Waals surface area contributed by atoms with Gasteiger partial charge in [0, 0.05) is 37.5 Å². The molecule has 0 aromatic heterocycles. The second kappa shape index (κ2) is 11.0. The first-order chi connectivity index (χ1) is 16.3. The molecule has 5 nitrogen and oxygen atoms in total. The van der Waals surface area contributed by atoms with Crippen LogP contribution in [0.2, 0.25) is 0 Å². The number of phenolic OH excluding ortho intramolecular Hbond substituents is 1. The van der Waals surface area contributed by atoms with Gasteiger partial charge in [0.2, 0.25) is 5.91 Å². The van der Waals surface area contributed by atoms with Crippen LogP contribution in [-0.4, -0.2) is 42.9 Å². The predicted octanol–water partition coefficient (Wildman–Crippen LogP) is 5.38. The van der Waals surface area contributed by atoms with Gasteiger partial charge in [0.15, 0.2) is 0 Å². The molecule has 5 heteroatoms. The lowest BCUT2D eigenvalue weighted by molar-refractivity contribution is -0.125. The summed E-state index contributed by atoms with van der Waals surface area (Å²) in [6, 6.07) is 6.29. The lowest BCUT2D eigenvalue weighted by Gasteiger charge is -2.46. The third-order valence-corrected chi connectivity index (χ3v) is 9.10. The van der Waals surface area contributed by atoms with Gasteiger partial charge < -0.3 is 20.5 Å². The Kier molecular flexibility index (Phi) is 8.24. The Morgan fingerprint density at radius 1 is 1.09 bits per heavy atom. The Labute approximate surface area is 206 Å². The smallest absolute Gasteiger partial charge is 0.220 e. The molecule has 0 aliphatic heterocycles. The van der Waals surface area contributed by atoms with Crippen LogP contribution < -0.4 is 10.6 Å². The van der Waals surface area contributed by atoms with Gasteiger partial charge in [-0.15, -0.1) is 0 Å². The molecule has 190 valence electrons. The summed E-state index contributed by atoms with van der Waals surface area (Å²) in [5.41, 5.74) is 2.42. The summed E-state index contributed by atoms with van der Waals surface area (Å²) in [6.45, 7) is 5.39. The van der Waals surface area contributed by atoms with E-state index in [0.29, 0.717) is 18.2 Å². The fourth-order valence-electron chi connectivity index (χ4n) is 7.09. The van der Waals surface area contributed by atoms with Crippen LogP contribution in [0.1, 0.15) is 102 Å². The molecule has 0 radical (unpaired) electrons. The SMILES string of the molecule is COC1Cc2ccc(O)cc2C(C)(C)C1NCCC1(CC(=O)NC2CCCCC2)CCCCC1. The molecule has 0 spiro atoms. The van der Waals surface area contributed by atoms with Crippen LogP contribution in [0.4, 0.5) is 0 Å². The highest BCUT2D eigenvalue weighted by Crippen LogP contribution is 2.43. The van der Waals surface area contributed by atoms with E-state index in [-0.39, 0.29) is 28.9 Å². The number of nitrogens with one attached hydrogen (secondary N) is 2. The molecule has 2 fully saturated rings. The lowest BCUT2D eigenvalue weighted by Crippen LogP contribution is -2.57. The van der Waals surface area contributed by atoms with Crippen molar-refractivity contribution in [2.24, 2.45) is 5.41 Å². The molecular weight excluding hydrogens is 424 g/mol. The highest BCUT2D eigenvalue weighted by Gasteiger charge is 2.43. The average Bonchev–Trinajstić information content (AvgIpc) is 2.82. The molecule has 4 rings (SSSR count). The van der Waals surface area contributed by atoms with Crippen molar-refractivity contribution in [3.63, 3.8) is 0 Å². The summed E-state index contributed by atoms with van der Waals surface area (Å²) < 4.78 is 5.95. The first-order valence-electron chi connectivity index (χ1n) is 13.7. The Morgan fingerprint density at radius 3 is 2.50 bits per heavy atom. The predicted molar refractivity (Wildman–Crippen MR) is 137 cm³/mol. The van der Waals surface area contributed by atoms with Gasteiger partial charge in [-0.2, -0.15) is 0 Å². The number of aromatic hydroxyl groups is 1. The monoisotopic (exact) mass is 470 g/mol. The van der Waals surface area contributed by atoms with Crippen molar-refractivity contribution in [1.82, 2.24) is 10.6 Å². The van der Waals surface area contributed by atoms with Crippen molar-refractivity contribution >= 4 is 5.91 Å². The van der Waals surface area contributed by atoms with E-state index in [1.54, 1.807) is 13.2 Å². The Bertz CT molecular complexity index is 825. The third kappa shape index (κ3) is 5.79. The van der Waals surface area contributed by atoms with E-state index in [0.717, 1.165) is 45.1 Å². The van der Waals surface area contributed by atoms with Crippen LogP contribution in [0, 0.1) is 5.41 Å². The number of phenols is 1. The summed E-state index contributed by atoms with van der Waals surface area (Å²) in [7, 11) is 1.80. The van der Waals surface area contributed by atoms with Gasteiger partial charge in [0.25, 0.3) is 0 Å². The van der Waals surface area contributed by atoms with Crippen LogP contribution in [0.15, 0.2) is 18.2 Å². The quantitative estimate of drug-likeness (QED) is 0.477. The zero-order valence-corrected chi connectivity index (χ0v) is 21.6. The van der Waals surface area contributed by atoms with Crippen molar-refractivity contribution in [3.8, 4) is 5.75 Å². The molecule has 1 amide bonds. The number of carbonyl (C=O) groups excluding carboxylic acids is 1. The number of methoxy groups -OCH3 is 1. The molecule has 3 aliphatic carbocycles. The topological polar surface area (TPSA) is 70.6 Å². The minimum Gasteiger partial charge on any atom is -0.508 e. The van der Waals surface area contributed by atoms with Crippen LogP contribution in [0.25, 0.3) is 0 Å². The van der Waals surface area contributed by atoms with E-state index in [1.807, 2.05) is 12.1 Å². The zero-order valence-electron chi connectivity index (χ0n) is 21.6. The minimum atomic E-state index is -0.162. The number of fused-ring (bicyclic) bond motifs is 1. The van der Waals surface area contributed by atoms with Gasteiger partial charge in [-0.3, -0.25) is 4.79 Å². The van der Waals surface area contributed by atoms with Crippen molar-refractivity contribution < 1.29 is 14.6 Å². The Balaban J connectivity index is 1.40. The van der Waals surface area contributed by atoms with E-state index in [9.17, 15) is 9.90 Å². The van der Waals surface area contributed by atoms with Crippen molar-refractivity contribution in [2.75, 3.05) is 13.7 Å². The van der Waals surface area contributed by atoms with Crippen LogP contribution in [-0.2, 0) is 21.4 Å². The number of hydrogen-bond donors (Lipinski definition) is 3. The molecule has 0 heterocycles. The molecule has 3 N–H and O–H groups in total. The number of ether oxygens (including phenoxy) is 1. The molecule has 2 saturated carbocycles. The maximum Gasteiger partial charge on any atom is 0.220 e. The number of hydrogen-bond acceptors (Lipinski definition) is 4. The molecule has 0 bridgehead atoms. The summed E-state index contributed by atoms with van der Waals surface area (Å²) in [4.78, 5) is 13.0. The minimum absolute atomic E-state index is 0.0870. The largest absolute Gasteiger partial charge is 0.508 e. The Morgan fingerprint density at radius 2 is 1.79 bits per heavy atom. The highest BCUT2D eigenvalue weighted by atomic mass is 16.5. The van der Waals surface area contributed by atoms with Gasteiger partial charge in [-0.25, -0.2) is 0 Å². The third-order valence-electron chi connectivity index (χ3n) is 9.10. The second-order valence-corrected chi connectivity index (χ2v) is 11.9. The number of benzene rings is 1. The van der Waals surface area contributed by atoms with Crippen LogP contribution in [0.5, 0.6) is 5.75 Å². The van der Waals surface area contributed by atoms with Crippen molar-refractivity contribution in [2.45, 2.75) is 121 Å². The van der Waals surface area contributed by atoms with Gasteiger partial charge >= 0.3 is 0 Å². The summed E-state index contributed by atoms with van der Waals surface area (Å²) in [5.74, 6) is 0.595. The van der Waals surface area contributed by atoms with Gasteiger partial charge in [0.05, 0.1) is 6.10 Å². The normalized spacial score (nSPS) is 26.6. The second-order valence-electron chi connectivity index (χ2n) is 11.9. The van der Waals surface area contributed by atoms with E-state index in [4.69, 9.17) is 4.74 Å². The highest BCUT2D eigenvalue weighted by molar-refractivity contribution is 5.77. The summed E-state index contributed by atoms with van der Waals surface area (Å²) >= 11 is 0. The number of amides is 1. The van der Waals surface area contributed by atoms with Gasteiger partial charge in [-0.05, 0) is 67.3 Å². The first kappa shape index (κ1) is 25.5. The molecule has 2 unspecified atom stereocenters. The van der Waals surface area contributed by atoms with Crippen molar-refractivity contribution in [3.05, 3.63) is 29.3 Å². The van der Waals surface area contributed by atoms with E-state index in [2.05, 4.69) is 24.5 Å². The molecular formula is C29H46N2O3. The Hall–Kier alpha value is -1.59. The fourth-order valence-corrected chi connectivity index (χ4v) is 7.09. The van der Waals surface area contributed by atoms with Crippen LogP contribution >= 0.6 is 0 Å². The van der Waals surface area contributed by atoms with Crippen molar-refractivity contribution in [1.29, 1.82) is 0 Å². The van der Waals surface area contributed by atoms with E-state index >= 15 is 0 Å². The molecule has 1 aromatic rings. The summed E-state index contributed by atoms with van der Waals surface area (Å²) in [5, 5.41) is 17.4. The summed E-state index contributed by atoms with van der Waals surface area (Å²) in [6.07, 6.45) is 14.8. The van der Waals surface area contributed by atoms with E-state index in [1.165, 1.54) is 49.7 Å². The zero-order chi connectivity index (χ0) is 24.2. The molecule has 34 heavy (non-hydrogen) atoms. The van der Waals surface area contributed by atoms with E-state index < -0.39 is 0 Å². The first-order valence-corrected chi connectivity index (χ1v) is 13.7.